The zero-order valence-electron chi connectivity index (χ0n) is 13.5. The zero-order chi connectivity index (χ0) is 16.8. The van der Waals surface area contributed by atoms with Crippen molar-refractivity contribution in [1.82, 2.24) is 5.32 Å². The maximum Gasteiger partial charge on any atom is 0.261 e. The zero-order valence-corrected chi connectivity index (χ0v) is 14.3. The van der Waals surface area contributed by atoms with Crippen molar-refractivity contribution < 1.29 is 9.53 Å². The molecule has 1 N–H and O–H groups in total. The lowest BCUT2D eigenvalue weighted by Crippen LogP contribution is -2.35. The Balaban J connectivity index is 1.84. The third-order valence-electron chi connectivity index (χ3n) is 3.42. The number of carbonyl (C=O) groups is 1. The fourth-order valence-electron chi connectivity index (χ4n) is 2.02. The molecule has 2 aromatic rings. The van der Waals surface area contributed by atoms with Gasteiger partial charge in [0.1, 0.15) is 5.75 Å². The molecule has 0 spiro atoms. The number of rotatable bonds is 6. The summed E-state index contributed by atoms with van der Waals surface area (Å²) in [4.78, 5) is 14.1. The highest BCUT2D eigenvalue weighted by Gasteiger charge is 2.14. The second kappa shape index (κ2) is 7.88. The van der Waals surface area contributed by atoms with Crippen molar-refractivity contribution in [3.63, 3.8) is 0 Å². The Hall–Kier alpha value is -2.20. The second-order valence-electron chi connectivity index (χ2n) is 5.49. The quantitative estimate of drug-likeness (QED) is 0.880. The molecule has 0 aliphatic carbocycles. The Morgan fingerprint density at radius 1 is 1.13 bits per heavy atom. The molecule has 2 rings (SSSR count). The van der Waals surface area contributed by atoms with Crippen LogP contribution in [0, 0.1) is 0 Å². The van der Waals surface area contributed by atoms with Gasteiger partial charge in [0.25, 0.3) is 5.91 Å². The van der Waals surface area contributed by atoms with Crippen LogP contribution in [0.15, 0.2) is 48.5 Å². The van der Waals surface area contributed by atoms with E-state index in [1.165, 1.54) is 0 Å². The summed E-state index contributed by atoms with van der Waals surface area (Å²) in [5.41, 5.74) is 2.17. The number of nitrogens with zero attached hydrogens (tertiary/aromatic N) is 1. The highest BCUT2D eigenvalue weighted by Crippen LogP contribution is 2.17. The molecule has 1 unspecified atom stereocenters. The van der Waals surface area contributed by atoms with Crippen LogP contribution in [0.5, 0.6) is 5.75 Å². The standard InChI is InChI=1S/C18H21ClN2O2/c1-13(23-17-10-6-15(19)7-11-17)18(22)20-12-14-4-8-16(9-5-14)21(2)3/h4-11,13H,12H2,1-3H3,(H,20,22). The van der Waals surface area contributed by atoms with E-state index in [-0.39, 0.29) is 5.91 Å². The molecule has 0 aliphatic rings. The first kappa shape index (κ1) is 17.2. The number of nitrogens with one attached hydrogen (secondary N) is 1. The van der Waals surface area contributed by atoms with Crippen molar-refractivity contribution in [3.8, 4) is 5.75 Å². The summed E-state index contributed by atoms with van der Waals surface area (Å²) in [7, 11) is 3.99. The van der Waals surface area contributed by atoms with Gasteiger partial charge in [-0.25, -0.2) is 0 Å². The van der Waals surface area contributed by atoms with E-state index in [0.29, 0.717) is 17.3 Å². The minimum Gasteiger partial charge on any atom is -0.481 e. The molecule has 1 atom stereocenters. The topological polar surface area (TPSA) is 41.6 Å². The summed E-state index contributed by atoms with van der Waals surface area (Å²) in [6.45, 7) is 2.19. The molecular formula is C18H21ClN2O2. The maximum absolute atomic E-state index is 12.1. The minimum absolute atomic E-state index is 0.156. The summed E-state index contributed by atoms with van der Waals surface area (Å²) in [5.74, 6) is 0.462. The second-order valence-corrected chi connectivity index (χ2v) is 5.93. The molecule has 2 aromatic carbocycles. The van der Waals surface area contributed by atoms with Crippen molar-refractivity contribution in [3.05, 3.63) is 59.1 Å². The molecule has 0 heterocycles. The van der Waals surface area contributed by atoms with Gasteiger partial charge in [-0.1, -0.05) is 23.7 Å². The molecule has 0 saturated heterocycles. The minimum atomic E-state index is -0.572. The lowest BCUT2D eigenvalue weighted by atomic mass is 10.2. The van der Waals surface area contributed by atoms with Crippen molar-refractivity contribution in [2.24, 2.45) is 0 Å². The van der Waals surface area contributed by atoms with Gasteiger partial charge < -0.3 is 15.0 Å². The number of ether oxygens (including phenoxy) is 1. The molecule has 23 heavy (non-hydrogen) atoms. The summed E-state index contributed by atoms with van der Waals surface area (Å²) in [6, 6.07) is 15.0. The molecule has 0 aliphatic heterocycles. The van der Waals surface area contributed by atoms with E-state index < -0.39 is 6.10 Å². The Kier molecular flexibility index (Phi) is 5.88. The summed E-state index contributed by atoms with van der Waals surface area (Å²) in [5, 5.41) is 3.51. The highest BCUT2D eigenvalue weighted by molar-refractivity contribution is 6.30. The van der Waals surface area contributed by atoms with Crippen LogP contribution in [0.1, 0.15) is 12.5 Å². The SMILES string of the molecule is CC(Oc1ccc(Cl)cc1)C(=O)NCc1ccc(N(C)C)cc1. The van der Waals surface area contributed by atoms with Gasteiger partial charge in [-0.15, -0.1) is 0 Å². The fourth-order valence-corrected chi connectivity index (χ4v) is 2.14. The Morgan fingerprint density at radius 3 is 2.30 bits per heavy atom. The number of hydrogen-bond donors (Lipinski definition) is 1. The third kappa shape index (κ3) is 5.18. The van der Waals surface area contributed by atoms with E-state index in [9.17, 15) is 4.79 Å². The Bertz CT molecular complexity index is 639. The van der Waals surface area contributed by atoms with Crippen LogP contribution in [0.4, 0.5) is 5.69 Å². The van der Waals surface area contributed by atoms with Gasteiger partial charge in [0.05, 0.1) is 0 Å². The maximum atomic E-state index is 12.1. The van der Waals surface area contributed by atoms with E-state index in [1.807, 2.05) is 43.3 Å². The van der Waals surface area contributed by atoms with Crippen LogP contribution in [0.25, 0.3) is 0 Å². The molecule has 0 bridgehead atoms. The van der Waals surface area contributed by atoms with Gasteiger partial charge in [-0.05, 0) is 48.9 Å². The monoisotopic (exact) mass is 332 g/mol. The van der Waals surface area contributed by atoms with E-state index in [4.69, 9.17) is 16.3 Å². The predicted molar refractivity (Wildman–Crippen MR) is 94.2 cm³/mol. The Morgan fingerprint density at radius 2 is 1.74 bits per heavy atom. The summed E-state index contributed by atoms with van der Waals surface area (Å²) in [6.07, 6.45) is -0.572. The average molecular weight is 333 g/mol. The predicted octanol–water partition coefficient (Wildman–Crippen LogP) is 3.49. The van der Waals surface area contributed by atoms with Crippen molar-refractivity contribution >= 4 is 23.2 Å². The van der Waals surface area contributed by atoms with Gasteiger partial charge >= 0.3 is 0 Å². The van der Waals surface area contributed by atoms with Gasteiger partial charge in [-0.3, -0.25) is 4.79 Å². The number of halogens is 1. The lowest BCUT2D eigenvalue weighted by Gasteiger charge is -2.15. The molecule has 5 heteroatoms. The highest BCUT2D eigenvalue weighted by atomic mass is 35.5. The smallest absolute Gasteiger partial charge is 0.261 e. The molecule has 4 nitrogen and oxygen atoms in total. The first-order valence-corrected chi connectivity index (χ1v) is 7.79. The number of benzene rings is 2. The number of hydrogen-bond acceptors (Lipinski definition) is 3. The molecule has 0 radical (unpaired) electrons. The summed E-state index contributed by atoms with van der Waals surface area (Å²) >= 11 is 5.82. The largest absolute Gasteiger partial charge is 0.481 e. The molecule has 122 valence electrons. The van der Waals surface area contributed by atoms with E-state index in [0.717, 1.165) is 11.3 Å². The first-order valence-electron chi connectivity index (χ1n) is 7.42. The number of amides is 1. The van der Waals surface area contributed by atoms with Crippen molar-refractivity contribution in [2.75, 3.05) is 19.0 Å². The molecular weight excluding hydrogens is 312 g/mol. The van der Waals surface area contributed by atoms with Crippen LogP contribution < -0.4 is 15.0 Å². The van der Waals surface area contributed by atoms with E-state index >= 15 is 0 Å². The van der Waals surface area contributed by atoms with Crippen LogP contribution in [-0.4, -0.2) is 26.1 Å². The molecule has 1 amide bonds. The van der Waals surface area contributed by atoms with E-state index in [2.05, 4.69) is 5.32 Å². The molecule has 0 aromatic heterocycles. The van der Waals surface area contributed by atoms with E-state index in [1.54, 1.807) is 31.2 Å². The number of carbonyl (C=O) groups excluding carboxylic acids is 1. The lowest BCUT2D eigenvalue weighted by molar-refractivity contribution is -0.127. The Labute approximate surface area is 142 Å². The number of anilines is 1. The third-order valence-corrected chi connectivity index (χ3v) is 3.67. The van der Waals surface area contributed by atoms with Crippen LogP contribution >= 0.6 is 11.6 Å². The van der Waals surface area contributed by atoms with Gasteiger partial charge in [0.15, 0.2) is 6.10 Å². The van der Waals surface area contributed by atoms with Crippen LogP contribution in [0.2, 0.25) is 5.02 Å². The van der Waals surface area contributed by atoms with Gasteiger partial charge in [-0.2, -0.15) is 0 Å². The molecule has 0 saturated carbocycles. The van der Waals surface area contributed by atoms with Crippen molar-refractivity contribution in [2.45, 2.75) is 19.6 Å². The van der Waals surface area contributed by atoms with Crippen LogP contribution in [0.3, 0.4) is 0 Å². The normalized spacial score (nSPS) is 11.7. The van der Waals surface area contributed by atoms with Crippen molar-refractivity contribution in [1.29, 1.82) is 0 Å². The molecule has 0 fully saturated rings. The first-order chi connectivity index (χ1) is 11.0. The fraction of sp³-hybridized carbons (Fsp3) is 0.278. The van der Waals surface area contributed by atoms with Gasteiger partial charge in [0, 0.05) is 31.4 Å². The van der Waals surface area contributed by atoms with Crippen LogP contribution in [-0.2, 0) is 11.3 Å². The average Bonchev–Trinajstić information content (AvgIpc) is 2.55. The van der Waals surface area contributed by atoms with Gasteiger partial charge in [0.2, 0.25) is 0 Å². The summed E-state index contributed by atoms with van der Waals surface area (Å²) < 4.78 is 5.59.